The Morgan fingerprint density at radius 2 is 1.88 bits per heavy atom. The van der Waals surface area contributed by atoms with E-state index in [-0.39, 0.29) is 23.2 Å². The molecule has 0 radical (unpaired) electrons. The average Bonchev–Trinajstić information content (AvgIpc) is 2.84. The van der Waals surface area contributed by atoms with Crippen LogP contribution in [0.15, 0.2) is 36.5 Å². The third-order valence-corrected chi connectivity index (χ3v) is 8.41. The molecule has 1 saturated heterocycles. The number of carbonyl (C=O) groups excluding carboxylic acids is 1. The summed E-state index contributed by atoms with van der Waals surface area (Å²) in [5.41, 5.74) is 0.444. The smallest absolute Gasteiger partial charge is 0.252 e. The summed E-state index contributed by atoms with van der Waals surface area (Å²) in [7, 11) is -1.73. The van der Waals surface area contributed by atoms with E-state index in [1.807, 2.05) is 26.8 Å². The van der Waals surface area contributed by atoms with E-state index in [1.165, 1.54) is 10.4 Å². The number of amides is 1. The normalized spacial score (nSPS) is 15.7. The van der Waals surface area contributed by atoms with Crippen molar-refractivity contribution in [2.75, 3.05) is 32.5 Å². The van der Waals surface area contributed by atoms with Crippen LogP contribution in [0.3, 0.4) is 0 Å². The van der Waals surface area contributed by atoms with Crippen molar-refractivity contribution in [1.82, 2.24) is 14.6 Å². The second-order valence-electron chi connectivity index (χ2n) is 7.86. The van der Waals surface area contributed by atoms with Gasteiger partial charge in [-0.2, -0.15) is 0 Å². The highest BCUT2D eigenvalue weighted by atomic mass is 35.5. The highest BCUT2D eigenvalue weighted by Gasteiger charge is 2.42. The van der Waals surface area contributed by atoms with E-state index in [0.717, 1.165) is 0 Å². The zero-order valence-corrected chi connectivity index (χ0v) is 22.4. The SMILES string of the molecule is CC.CCCS(=O)(=O)N1CCC(CNC(=O)c2ccc(Cl)cc2Cl)(c2ncccc2OC)CC1. The Morgan fingerprint density at radius 1 is 1.21 bits per heavy atom. The Bertz CT molecular complexity index is 1070. The standard InChI is InChI=1S/C22H27Cl2N3O4S.C2H6/c1-3-13-32(29,30)27-11-8-22(9-12-27,20-19(31-2)5-4-10-25-20)15-26-21(28)17-7-6-16(23)14-18(17)24;1-2/h4-7,10,14H,3,8-9,11-13,15H2,1-2H3,(H,26,28);1-2H3. The molecule has 34 heavy (non-hydrogen) atoms. The Balaban J connectivity index is 0.00000199. The summed E-state index contributed by atoms with van der Waals surface area (Å²) in [4.78, 5) is 17.4. The predicted molar refractivity (Wildman–Crippen MR) is 137 cm³/mol. The second-order valence-corrected chi connectivity index (χ2v) is 10.8. The number of rotatable bonds is 8. The molecule has 188 valence electrons. The van der Waals surface area contributed by atoms with Gasteiger partial charge in [-0.15, -0.1) is 0 Å². The lowest BCUT2D eigenvalue weighted by Gasteiger charge is -2.41. The molecule has 3 rings (SSSR count). The monoisotopic (exact) mass is 529 g/mol. The van der Waals surface area contributed by atoms with E-state index in [2.05, 4.69) is 10.3 Å². The molecule has 1 aliphatic rings. The molecular formula is C24H33Cl2N3O4S. The van der Waals surface area contributed by atoms with Gasteiger partial charge in [0.2, 0.25) is 10.0 Å². The molecule has 1 fully saturated rings. The first-order valence-electron chi connectivity index (χ1n) is 11.4. The van der Waals surface area contributed by atoms with Crippen molar-refractivity contribution in [2.45, 2.75) is 45.4 Å². The van der Waals surface area contributed by atoms with Crippen molar-refractivity contribution >= 4 is 39.1 Å². The van der Waals surface area contributed by atoms with E-state index in [9.17, 15) is 13.2 Å². The van der Waals surface area contributed by atoms with Crippen molar-refractivity contribution in [1.29, 1.82) is 0 Å². The van der Waals surface area contributed by atoms with Crippen molar-refractivity contribution in [2.24, 2.45) is 0 Å². The number of nitrogens with one attached hydrogen (secondary N) is 1. The maximum absolute atomic E-state index is 12.9. The third-order valence-electron chi connectivity index (χ3n) is 5.79. The van der Waals surface area contributed by atoms with E-state index in [4.69, 9.17) is 27.9 Å². The highest BCUT2D eigenvalue weighted by Crippen LogP contribution is 2.39. The largest absolute Gasteiger partial charge is 0.495 e. The fourth-order valence-corrected chi connectivity index (χ4v) is 6.06. The number of sulfonamides is 1. The van der Waals surface area contributed by atoms with Crippen LogP contribution in [-0.2, 0) is 15.4 Å². The fraction of sp³-hybridized carbons (Fsp3) is 0.500. The van der Waals surface area contributed by atoms with Crippen LogP contribution < -0.4 is 10.1 Å². The summed E-state index contributed by atoms with van der Waals surface area (Å²) in [5.74, 6) is 0.400. The molecule has 0 aliphatic carbocycles. The first-order chi connectivity index (χ1) is 16.2. The molecule has 1 aromatic carbocycles. The Hall–Kier alpha value is -1.87. The van der Waals surface area contributed by atoms with Crippen LogP contribution in [0.25, 0.3) is 0 Å². The topological polar surface area (TPSA) is 88.6 Å². The van der Waals surface area contributed by atoms with Crippen LogP contribution in [-0.4, -0.2) is 56.1 Å². The lowest BCUT2D eigenvalue weighted by Crippen LogP contribution is -2.51. The Morgan fingerprint density at radius 3 is 2.47 bits per heavy atom. The molecule has 1 N–H and O–H groups in total. The zero-order valence-electron chi connectivity index (χ0n) is 20.1. The van der Waals surface area contributed by atoms with Gasteiger partial charge in [-0.25, -0.2) is 12.7 Å². The van der Waals surface area contributed by atoms with Crippen LogP contribution in [0.1, 0.15) is 56.1 Å². The maximum Gasteiger partial charge on any atom is 0.252 e. The van der Waals surface area contributed by atoms with Crippen LogP contribution in [0.4, 0.5) is 0 Å². The molecule has 2 heterocycles. The van der Waals surface area contributed by atoms with Gasteiger partial charge in [-0.3, -0.25) is 9.78 Å². The molecule has 2 aromatic rings. The van der Waals surface area contributed by atoms with Gasteiger partial charge in [0.25, 0.3) is 5.91 Å². The molecule has 1 amide bonds. The molecule has 10 heteroatoms. The van der Waals surface area contributed by atoms with Crippen molar-refractivity contribution in [3.8, 4) is 5.75 Å². The number of halogens is 2. The predicted octanol–water partition coefficient (Wildman–Crippen LogP) is 4.93. The molecule has 0 spiro atoms. The summed E-state index contributed by atoms with van der Waals surface area (Å²) in [5, 5.41) is 3.68. The lowest BCUT2D eigenvalue weighted by atomic mass is 9.75. The van der Waals surface area contributed by atoms with Gasteiger partial charge in [0.1, 0.15) is 5.75 Å². The number of ether oxygens (including phenoxy) is 1. The van der Waals surface area contributed by atoms with Gasteiger partial charge in [0.15, 0.2) is 0 Å². The van der Waals surface area contributed by atoms with Crippen molar-refractivity contribution in [3.63, 3.8) is 0 Å². The van der Waals surface area contributed by atoms with Gasteiger partial charge in [0, 0.05) is 36.3 Å². The first-order valence-corrected chi connectivity index (χ1v) is 13.8. The number of pyridine rings is 1. The van der Waals surface area contributed by atoms with Crippen LogP contribution in [0.5, 0.6) is 5.75 Å². The number of methoxy groups -OCH3 is 1. The number of hydrogen-bond donors (Lipinski definition) is 1. The zero-order chi connectivity index (χ0) is 25.4. The van der Waals surface area contributed by atoms with Gasteiger partial charge in [0.05, 0.1) is 29.1 Å². The summed E-state index contributed by atoms with van der Waals surface area (Å²) in [6.45, 7) is 6.81. The fourth-order valence-electron chi connectivity index (χ4n) is 4.05. The average molecular weight is 531 g/mol. The minimum absolute atomic E-state index is 0.124. The second kappa shape index (κ2) is 12.7. The molecule has 7 nitrogen and oxygen atoms in total. The molecule has 0 unspecified atom stereocenters. The number of hydrogen-bond acceptors (Lipinski definition) is 5. The quantitative estimate of drug-likeness (QED) is 0.523. The molecule has 1 aromatic heterocycles. The van der Waals surface area contributed by atoms with Crippen molar-refractivity contribution < 1.29 is 17.9 Å². The number of carbonyl (C=O) groups is 1. The summed E-state index contributed by atoms with van der Waals surface area (Å²) in [6.07, 6.45) is 3.24. The van der Waals surface area contributed by atoms with Crippen LogP contribution >= 0.6 is 23.2 Å². The Kier molecular flexibility index (Phi) is 10.6. The highest BCUT2D eigenvalue weighted by molar-refractivity contribution is 7.89. The van der Waals surface area contributed by atoms with Gasteiger partial charge in [-0.1, -0.05) is 44.0 Å². The number of nitrogens with zero attached hydrogens (tertiary/aromatic N) is 2. The minimum Gasteiger partial charge on any atom is -0.495 e. The summed E-state index contributed by atoms with van der Waals surface area (Å²) < 4.78 is 32.2. The van der Waals surface area contributed by atoms with Crippen LogP contribution in [0, 0.1) is 0 Å². The van der Waals surface area contributed by atoms with Gasteiger partial charge in [-0.05, 0) is 49.6 Å². The van der Waals surface area contributed by atoms with E-state index >= 15 is 0 Å². The van der Waals surface area contributed by atoms with Crippen molar-refractivity contribution in [3.05, 3.63) is 57.8 Å². The van der Waals surface area contributed by atoms with Gasteiger partial charge >= 0.3 is 0 Å². The molecule has 0 bridgehead atoms. The first kappa shape index (κ1) is 28.4. The maximum atomic E-state index is 12.9. The third kappa shape index (κ3) is 6.62. The van der Waals surface area contributed by atoms with E-state index < -0.39 is 15.4 Å². The van der Waals surface area contributed by atoms with E-state index in [1.54, 1.807) is 31.5 Å². The summed E-state index contributed by atoms with van der Waals surface area (Å²) >= 11 is 12.1. The molecular weight excluding hydrogens is 497 g/mol. The Labute approximate surface area is 212 Å². The summed E-state index contributed by atoms with van der Waals surface area (Å²) in [6, 6.07) is 8.31. The van der Waals surface area contributed by atoms with Gasteiger partial charge < -0.3 is 10.1 Å². The number of benzene rings is 1. The molecule has 1 aliphatic heterocycles. The van der Waals surface area contributed by atoms with Crippen LogP contribution in [0.2, 0.25) is 10.0 Å². The minimum atomic E-state index is -3.30. The number of aromatic nitrogens is 1. The molecule has 0 atom stereocenters. The number of piperidine rings is 1. The van der Waals surface area contributed by atoms with E-state index in [0.29, 0.717) is 54.4 Å². The lowest BCUT2D eigenvalue weighted by molar-refractivity contribution is 0.0931. The molecule has 0 saturated carbocycles.